The zero-order valence-electron chi connectivity index (χ0n) is 13.1. The third kappa shape index (κ3) is 4.81. The highest BCUT2D eigenvalue weighted by Crippen LogP contribution is 2.26. The number of ether oxygens (including phenoxy) is 1. The lowest BCUT2D eigenvalue weighted by Gasteiger charge is -2.18. The molecule has 2 aromatic carbocycles. The van der Waals surface area contributed by atoms with Gasteiger partial charge in [-0.05, 0) is 53.4 Å². The van der Waals surface area contributed by atoms with E-state index in [1.54, 1.807) is 36.4 Å². The first-order valence-corrected chi connectivity index (χ1v) is 8.84. The summed E-state index contributed by atoms with van der Waals surface area (Å²) in [4.78, 5) is 13.3. The fraction of sp³-hybridized carbons (Fsp3) is 0.105. The van der Waals surface area contributed by atoms with Crippen molar-refractivity contribution in [2.24, 2.45) is 0 Å². The summed E-state index contributed by atoms with van der Waals surface area (Å²) < 4.78 is 18.6. The minimum absolute atomic E-state index is 0.120. The molecule has 0 saturated heterocycles. The number of hydrogen-bond acceptors (Lipinski definition) is 3. The number of amides is 1. The summed E-state index contributed by atoms with van der Waals surface area (Å²) in [5.41, 5.74) is 0.809. The van der Waals surface area contributed by atoms with E-state index in [1.165, 1.54) is 23.5 Å². The van der Waals surface area contributed by atoms with Gasteiger partial charge in [0.05, 0.1) is 6.04 Å². The fourth-order valence-corrected chi connectivity index (χ4v) is 3.24. The number of carbonyl (C=O) groups is 1. The summed E-state index contributed by atoms with van der Waals surface area (Å²) in [5, 5.41) is 5.47. The van der Waals surface area contributed by atoms with E-state index in [0.717, 1.165) is 10.4 Å². The molecule has 128 valence electrons. The Balaban J connectivity index is 1.68. The monoisotopic (exact) mass is 375 g/mol. The summed E-state index contributed by atoms with van der Waals surface area (Å²) in [7, 11) is 0. The Kier molecular flexibility index (Phi) is 5.68. The van der Waals surface area contributed by atoms with Crippen LogP contribution in [0.15, 0.2) is 66.0 Å². The number of nitrogens with one attached hydrogen (secondary N) is 1. The minimum Gasteiger partial charge on any atom is -0.484 e. The maximum atomic E-state index is 13.2. The van der Waals surface area contributed by atoms with Gasteiger partial charge in [0.1, 0.15) is 11.6 Å². The molecular formula is C19H15ClFNO2S. The molecule has 1 N–H and O–H groups in total. The largest absolute Gasteiger partial charge is 0.484 e. The number of halogens is 2. The van der Waals surface area contributed by atoms with Crippen LogP contribution in [0.2, 0.25) is 5.02 Å². The highest BCUT2D eigenvalue weighted by atomic mass is 35.5. The standard InChI is InChI=1S/C19H15ClFNO2S/c20-14-5-9-16(10-6-14)24-12-18(23)22-19(17-2-1-11-25-17)13-3-7-15(21)8-4-13/h1-11,19H,12H2,(H,22,23)/t19-/m0/s1. The van der Waals surface area contributed by atoms with Crippen molar-refractivity contribution in [1.29, 1.82) is 0 Å². The number of hydrogen-bond donors (Lipinski definition) is 1. The molecule has 0 aliphatic rings. The van der Waals surface area contributed by atoms with Crippen molar-refractivity contribution in [3.63, 3.8) is 0 Å². The molecule has 0 spiro atoms. The van der Waals surface area contributed by atoms with Crippen LogP contribution in [0.5, 0.6) is 5.75 Å². The highest BCUT2D eigenvalue weighted by Gasteiger charge is 2.18. The van der Waals surface area contributed by atoms with Gasteiger partial charge in [0, 0.05) is 9.90 Å². The SMILES string of the molecule is O=C(COc1ccc(Cl)cc1)N[C@@H](c1ccc(F)cc1)c1cccs1. The van der Waals surface area contributed by atoms with Crippen LogP contribution in [0.3, 0.4) is 0 Å². The highest BCUT2D eigenvalue weighted by molar-refractivity contribution is 7.10. The summed E-state index contributed by atoms with van der Waals surface area (Å²) in [6, 6.07) is 16.4. The predicted molar refractivity (Wildman–Crippen MR) is 97.7 cm³/mol. The summed E-state index contributed by atoms with van der Waals surface area (Å²) in [6.07, 6.45) is 0. The Hall–Kier alpha value is -2.37. The molecule has 3 aromatic rings. The van der Waals surface area contributed by atoms with Crippen molar-refractivity contribution in [3.05, 3.63) is 87.3 Å². The van der Waals surface area contributed by atoms with E-state index in [2.05, 4.69) is 5.32 Å². The Labute approximate surface area is 154 Å². The van der Waals surface area contributed by atoms with Gasteiger partial charge in [0.15, 0.2) is 6.61 Å². The second kappa shape index (κ2) is 8.14. The molecule has 6 heteroatoms. The molecule has 1 heterocycles. The normalized spacial score (nSPS) is 11.8. The minimum atomic E-state index is -0.345. The average molecular weight is 376 g/mol. The van der Waals surface area contributed by atoms with E-state index in [9.17, 15) is 9.18 Å². The lowest BCUT2D eigenvalue weighted by Crippen LogP contribution is -2.32. The molecular weight excluding hydrogens is 361 g/mol. The van der Waals surface area contributed by atoms with E-state index in [4.69, 9.17) is 16.3 Å². The fourth-order valence-electron chi connectivity index (χ4n) is 2.31. The molecule has 25 heavy (non-hydrogen) atoms. The summed E-state index contributed by atoms with van der Waals surface area (Å²) in [5.74, 6) is -0.0160. The van der Waals surface area contributed by atoms with Crippen LogP contribution >= 0.6 is 22.9 Å². The summed E-state index contributed by atoms with van der Waals surface area (Å²) >= 11 is 7.34. The van der Waals surface area contributed by atoms with Gasteiger partial charge < -0.3 is 10.1 Å². The Morgan fingerprint density at radius 1 is 1.12 bits per heavy atom. The van der Waals surface area contributed by atoms with Gasteiger partial charge in [-0.25, -0.2) is 4.39 Å². The Bertz CT molecular complexity index is 820. The molecule has 0 bridgehead atoms. The van der Waals surface area contributed by atoms with Gasteiger partial charge in [-0.1, -0.05) is 29.8 Å². The van der Waals surface area contributed by atoms with Gasteiger partial charge in [-0.2, -0.15) is 0 Å². The van der Waals surface area contributed by atoms with Crippen LogP contribution in [0.1, 0.15) is 16.5 Å². The molecule has 0 unspecified atom stereocenters. The van der Waals surface area contributed by atoms with Gasteiger partial charge >= 0.3 is 0 Å². The maximum absolute atomic E-state index is 13.2. The molecule has 0 radical (unpaired) electrons. The Morgan fingerprint density at radius 3 is 2.48 bits per heavy atom. The lowest BCUT2D eigenvalue weighted by molar-refractivity contribution is -0.123. The van der Waals surface area contributed by atoms with Crippen LogP contribution in [0.25, 0.3) is 0 Å². The molecule has 0 aliphatic heterocycles. The number of thiophene rings is 1. The second-order valence-electron chi connectivity index (χ2n) is 5.31. The molecule has 0 aliphatic carbocycles. The molecule has 3 rings (SSSR count). The first-order valence-electron chi connectivity index (χ1n) is 7.58. The van der Waals surface area contributed by atoms with Gasteiger partial charge in [0.2, 0.25) is 0 Å². The van der Waals surface area contributed by atoms with Crippen LogP contribution < -0.4 is 10.1 Å². The average Bonchev–Trinajstić information content (AvgIpc) is 3.14. The molecule has 3 nitrogen and oxygen atoms in total. The number of benzene rings is 2. The molecule has 0 saturated carbocycles. The molecule has 1 amide bonds. The van der Waals surface area contributed by atoms with Crippen molar-refractivity contribution in [3.8, 4) is 5.75 Å². The van der Waals surface area contributed by atoms with Crippen LogP contribution in [-0.2, 0) is 4.79 Å². The topological polar surface area (TPSA) is 38.3 Å². The van der Waals surface area contributed by atoms with Crippen molar-refractivity contribution in [2.45, 2.75) is 6.04 Å². The van der Waals surface area contributed by atoms with Gasteiger partial charge in [-0.3, -0.25) is 4.79 Å². The van der Waals surface area contributed by atoms with E-state index in [0.29, 0.717) is 10.8 Å². The van der Waals surface area contributed by atoms with E-state index >= 15 is 0 Å². The third-order valence-electron chi connectivity index (χ3n) is 3.52. The first-order chi connectivity index (χ1) is 12.1. The molecule has 1 aromatic heterocycles. The zero-order valence-corrected chi connectivity index (χ0v) is 14.7. The van der Waals surface area contributed by atoms with Crippen LogP contribution in [0, 0.1) is 5.82 Å². The molecule has 0 fully saturated rings. The van der Waals surface area contributed by atoms with Crippen molar-refractivity contribution in [1.82, 2.24) is 5.32 Å². The predicted octanol–water partition coefficient (Wildman–Crippen LogP) is 4.83. The summed E-state index contributed by atoms with van der Waals surface area (Å²) in [6.45, 7) is -0.120. The second-order valence-corrected chi connectivity index (χ2v) is 6.73. The van der Waals surface area contributed by atoms with E-state index in [-0.39, 0.29) is 24.4 Å². The van der Waals surface area contributed by atoms with Crippen LogP contribution in [0.4, 0.5) is 4.39 Å². The number of carbonyl (C=O) groups excluding carboxylic acids is 1. The van der Waals surface area contributed by atoms with Crippen molar-refractivity contribution < 1.29 is 13.9 Å². The van der Waals surface area contributed by atoms with Gasteiger partial charge in [-0.15, -0.1) is 11.3 Å². The van der Waals surface area contributed by atoms with Crippen molar-refractivity contribution >= 4 is 28.8 Å². The first kappa shape index (κ1) is 17.5. The van der Waals surface area contributed by atoms with Crippen molar-refractivity contribution in [2.75, 3.05) is 6.61 Å². The smallest absolute Gasteiger partial charge is 0.258 e. The molecule has 1 atom stereocenters. The zero-order chi connectivity index (χ0) is 17.6. The van der Waals surface area contributed by atoms with E-state index < -0.39 is 0 Å². The Morgan fingerprint density at radius 2 is 1.84 bits per heavy atom. The third-order valence-corrected chi connectivity index (χ3v) is 4.71. The maximum Gasteiger partial charge on any atom is 0.258 e. The lowest BCUT2D eigenvalue weighted by atomic mass is 10.1. The van der Waals surface area contributed by atoms with E-state index in [1.807, 2.05) is 17.5 Å². The quantitative estimate of drug-likeness (QED) is 0.670. The van der Waals surface area contributed by atoms with Gasteiger partial charge in [0.25, 0.3) is 5.91 Å². The van der Waals surface area contributed by atoms with Crippen LogP contribution in [-0.4, -0.2) is 12.5 Å². The number of rotatable bonds is 6.